The van der Waals surface area contributed by atoms with Crippen LogP contribution in [0.5, 0.6) is 0 Å². The number of aliphatic imine (C=N–C) groups is 1. The molecule has 1 aromatic rings. The summed E-state index contributed by atoms with van der Waals surface area (Å²) in [6.45, 7) is 16.9. The Morgan fingerprint density at radius 3 is 2.48 bits per heavy atom. The smallest absolute Gasteiger partial charge is 0.193 e. The van der Waals surface area contributed by atoms with Crippen molar-refractivity contribution in [3.63, 3.8) is 0 Å². The van der Waals surface area contributed by atoms with Crippen molar-refractivity contribution in [2.75, 3.05) is 59.4 Å². The van der Waals surface area contributed by atoms with E-state index in [9.17, 15) is 0 Å². The summed E-state index contributed by atoms with van der Waals surface area (Å²) < 4.78 is 0. The molecular weight excluding hydrogens is 380 g/mol. The maximum Gasteiger partial charge on any atom is 0.193 e. The Balaban J connectivity index is 1.36. The molecule has 6 nitrogen and oxygen atoms in total. The summed E-state index contributed by atoms with van der Waals surface area (Å²) in [5.74, 6) is 2.58. The molecule has 2 saturated heterocycles. The second-order valence-electron chi connectivity index (χ2n) is 8.92. The molecule has 2 fully saturated rings. The molecule has 0 bridgehead atoms. The van der Waals surface area contributed by atoms with Gasteiger partial charge in [0, 0.05) is 58.2 Å². The summed E-state index contributed by atoms with van der Waals surface area (Å²) in [5.41, 5.74) is 1.25. The van der Waals surface area contributed by atoms with Crippen LogP contribution >= 0.6 is 11.3 Å². The predicted octanol–water partition coefficient (Wildman–Crippen LogP) is 2.77. The van der Waals surface area contributed by atoms with E-state index in [1.807, 2.05) is 7.05 Å². The number of piperidine rings is 1. The third-order valence-corrected chi connectivity index (χ3v) is 7.09. The zero-order chi connectivity index (χ0) is 20.6. The van der Waals surface area contributed by atoms with Gasteiger partial charge in [0.2, 0.25) is 0 Å². The molecule has 2 aliphatic heterocycles. The summed E-state index contributed by atoms with van der Waals surface area (Å²) in [6, 6.07) is 0. The van der Waals surface area contributed by atoms with Crippen LogP contribution in [0.15, 0.2) is 10.4 Å². The number of likely N-dealkylation sites (tertiary alicyclic amines) is 1. The fourth-order valence-electron chi connectivity index (χ4n) is 4.39. The molecule has 1 N–H and O–H groups in total. The fourth-order valence-corrected chi connectivity index (χ4v) is 5.12. The number of aromatic nitrogens is 1. The Morgan fingerprint density at radius 1 is 1.17 bits per heavy atom. The quantitative estimate of drug-likeness (QED) is 0.543. The number of nitrogens with one attached hydrogen (secondary N) is 1. The maximum absolute atomic E-state index is 4.73. The van der Waals surface area contributed by atoms with Gasteiger partial charge in [-0.2, -0.15) is 0 Å². The molecule has 0 spiro atoms. The lowest BCUT2D eigenvalue weighted by atomic mass is 9.97. The summed E-state index contributed by atoms with van der Waals surface area (Å²) in [4.78, 5) is 16.9. The lowest BCUT2D eigenvalue weighted by molar-refractivity contribution is 0.160. The van der Waals surface area contributed by atoms with E-state index in [2.05, 4.69) is 51.2 Å². The number of piperazine rings is 1. The van der Waals surface area contributed by atoms with E-state index in [0.29, 0.717) is 0 Å². The van der Waals surface area contributed by atoms with Gasteiger partial charge in [-0.05, 0) is 44.2 Å². The molecule has 0 amide bonds. The van der Waals surface area contributed by atoms with E-state index in [1.165, 1.54) is 43.2 Å². The van der Waals surface area contributed by atoms with E-state index in [1.54, 1.807) is 11.3 Å². The van der Waals surface area contributed by atoms with Gasteiger partial charge >= 0.3 is 0 Å². The SMILES string of the molecule is CCc1nc(CN2CCC(CNC(=NC)N3CCN(CC(C)C)CC3)CC2)cs1. The molecule has 0 aromatic carbocycles. The molecule has 3 heterocycles. The van der Waals surface area contributed by atoms with Gasteiger partial charge in [0.25, 0.3) is 0 Å². The topological polar surface area (TPSA) is 47.0 Å². The molecule has 29 heavy (non-hydrogen) atoms. The van der Waals surface area contributed by atoms with Crippen molar-refractivity contribution in [1.29, 1.82) is 0 Å². The van der Waals surface area contributed by atoms with Crippen molar-refractivity contribution >= 4 is 17.3 Å². The third kappa shape index (κ3) is 6.93. The number of thiazole rings is 1. The molecule has 1 aromatic heterocycles. The average Bonchev–Trinajstić information content (AvgIpc) is 3.18. The second kappa shape index (κ2) is 11.3. The highest BCUT2D eigenvalue weighted by Gasteiger charge is 2.23. The van der Waals surface area contributed by atoms with Crippen molar-refractivity contribution in [2.24, 2.45) is 16.8 Å². The van der Waals surface area contributed by atoms with Crippen LogP contribution in [0.2, 0.25) is 0 Å². The van der Waals surface area contributed by atoms with Gasteiger partial charge in [-0.3, -0.25) is 14.8 Å². The van der Waals surface area contributed by atoms with E-state index < -0.39 is 0 Å². The lowest BCUT2D eigenvalue weighted by Gasteiger charge is -2.38. The molecular formula is C22H40N6S. The minimum atomic E-state index is 0.742. The Hall–Kier alpha value is -1.18. The van der Waals surface area contributed by atoms with Crippen LogP contribution in [0.4, 0.5) is 0 Å². The highest BCUT2D eigenvalue weighted by atomic mass is 32.1. The van der Waals surface area contributed by atoms with Crippen molar-refractivity contribution in [3.05, 3.63) is 16.1 Å². The molecule has 0 radical (unpaired) electrons. The van der Waals surface area contributed by atoms with E-state index >= 15 is 0 Å². The molecule has 2 aliphatic rings. The standard InChI is InChI=1S/C22H40N6S/c1-5-21-25-20(17-29-21)16-26-8-6-19(7-9-26)14-24-22(23-4)28-12-10-27(11-13-28)15-18(2)3/h17-19H,5-16H2,1-4H3,(H,23,24). The first-order valence-corrected chi connectivity index (χ1v) is 12.3. The van der Waals surface area contributed by atoms with Gasteiger partial charge in [-0.15, -0.1) is 11.3 Å². The molecule has 0 saturated carbocycles. The summed E-state index contributed by atoms with van der Waals surface area (Å²) >= 11 is 1.80. The maximum atomic E-state index is 4.73. The van der Waals surface area contributed by atoms with Crippen LogP contribution in [-0.2, 0) is 13.0 Å². The van der Waals surface area contributed by atoms with Crippen molar-refractivity contribution in [3.8, 4) is 0 Å². The number of nitrogens with zero attached hydrogens (tertiary/aromatic N) is 5. The van der Waals surface area contributed by atoms with Crippen LogP contribution in [0, 0.1) is 11.8 Å². The molecule has 7 heteroatoms. The van der Waals surface area contributed by atoms with E-state index in [0.717, 1.165) is 63.5 Å². The number of hydrogen-bond acceptors (Lipinski definition) is 5. The minimum Gasteiger partial charge on any atom is -0.356 e. The van der Waals surface area contributed by atoms with Gasteiger partial charge < -0.3 is 10.2 Å². The lowest BCUT2D eigenvalue weighted by Crippen LogP contribution is -2.53. The van der Waals surface area contributed by atoms with Crippen LogP contribution in [-0.4, -0.2) is 85.0 Å². The van der Waals surface area contributed by atoms with E-state index in [4.69, 9.17) is 4.98 Å². The van der Waals surface area contributed by atoms with Crippen LogP contribution in [0.1, 0.15) is 44.3 Å². The first kappa shape index (κ1) is 22.5. The molecule has 0 unspecified atom stereocenters. The van der Waals surface area contributed by atoms with Crippen LogP contribution in [0.25, 0.3) is 0 Å². The minimum absolute atomic E-state index is 0.742. The van der Waals surface area contributed by atoms with Gasteiger partial charge in [0.05, 0.1) is 10.7 Å². The van der Waals surface area contributed by atoms with Gasteiger partial charge in [0.15, 0.2) is 5.96 Å². The first-order valence-electron chi connectivity index (χ1n) is 11.4. The predicted molar refractivity (Wildman–Crippen MR) is 124 cm³/mol. The van der Waals surface area contributed by atoms with Crippen LogP contribution in [0.3, 0.4) is 0 Å². The van der Waals surface area contributed by atoms with Crippen molar-refractivity contribution in [2.45, 2.75) is 46.6 Å². The molecule has 164 valence electrons. The Morgan fingerprint density at radius 2 is 1.90 bits per heavy atom. The Kier molecular flexibility index (Phi) is 8.75. The normalized spacial score (nSPS) is 20.6. The van der Waals surface area contributed by atoms with Gasteiger partial charge in [0.1, 0.15) is 0 Å². The summed E-state index contributed by atoms with van der Waals surface area (Å²) in [7, 11) is 1.92. The highest BCUT2D eigenvalue weighted by Crippen LogP contribution is 2.20. The number of aryl methyl sites for hydroxylation is 1. The number of hydrogen-bond donors (Lipinski definition) is 1. The largest absolute Gasteiger partial charge is 0.356 e. The van der Waals surface area contributed by atoms with Gasteiger partial charge in [-0.25, -0.2) is 4.98 Å². The second-order valence-corrected chi connectivity index (χ2v) is 9.86. The van der Waals surface area contributed by atoms with Crippen molar-refractivity contribution < 1.29 is 0 Å². The molecule has 3 rings (SSSR count). The third-order valence-electron chi connectivity index (χ3n) is 6.05. The monoisotopic (exact) mass is 420 g/mol. The highest BCUT2D eigenvalue weighted by molar-refractivity contribution is 7.09. The number of rotatable bonds is 7. The van der Waals surface area contributed by atoms with Crippen LogP contribution < -0.4 is 5.32 Å². The van der Waals surface area contributed by atoms with Crippen molar-refractivity contribution in [1.82, 2.24) is 25.0 Å². The summed E-state index contributed by atoms with van der Waals surface area (Å²) in [6.07, 6.45) is 3.57. The Labute approximate surface area is 181 Å². The fraction of sp³-hybridized carbons (Fsp3) is 0.818. The zero-order valence-electron chi connectivity index (χ0n) is 18.9. The zero-order valence-corrected chi connectivity index (χ0v) is 19.7. The van der Waals surface area contributed by atoms with Gasteiger partial charge in [-0.1, -0.05) is 20.8 Å². The average molecular weight is 421 g/mol. The number of guanidine groups is 1. The summed E-state index contributed by atoms with van der Waals surface area (Å²) in [5, 5.41) is 7.16. The van der Waals surface area contributed by atoms with E-state index in [-0.39, 0.29) is 0 Å². The molecule has 0 aliphatic carbocycles. The molecule has 0 atom stereocenters. The first-order chi connectivity index (χ1) is 14.1. The Bertz CT molecular complexity index is 627.